The summed E-state index contributed by atoms with van der Waals surface area (Å²) in [6.07, 6.45) is -15.8. The molecule has 15 heteroatoms. The maximum atomic E-state index is 12.0. The van der Waals surface area contributed by atoms with Gasteiger partial charge in [0.15, 0.2) is 0 Å². The van der Waals surface area contributed by atoms with Crippen molar-refractivity contribution in [1.29, 1.82) is 0 Å². The molecule has 0 radical (unpaired) electrons. The monoisotopic (exact) mass is 446 g/mol. The summed E-state index contributed by atoms with van der Waals surface area (Å²) in [5.41, 5.74) is 0. The predicted octanol–water partition coefficient (Wildman–Crippen LogP) is 3.65. The van der Waals surface area contributed by atoms with Gasteiger partial charge in [0.2, 0.25) is 0 Å². The van der Waals surface area contributed by atoms with Gasteiger partial charge in [-0.05, 0) is 0 Å². The molecule has 0 bridgehead atoms. The topological polar surface area (TPSA) is 43.4 Å². The van der Waals surface area contributed by atoms with Gasteiger partial charge in [-0.25, -0.2) is 4.39 Å². The Morgan fingerprint density at radius 2 is 1.21 bits per heavy atom. The molecular weight excluding hydrogens is 445 g/mol. The van der Waals surface area contributed by atoms with Crippen LogP contribution in [0, 0.1) is 0 Å². The maximum absolute atomic E-state index is 12.0. The fraction of sp³-hybridized carbons (Fsp3) is 1.00. The highest BCUT2D eigenvalue weighted by atomic mass is 127. The Kier molecular flexibility index (Phi) is 7.37. The third-order valence-corrected chi connectivity index (χ3v) is 1.47. The second kappa shape index (κ2) is 6.59. The van der Waals surface area contributed by atoms with Crippen molar-refractivity contribution in [2.24, 2.45) is 0 Å². The van der Waals surface area contributed by atoms with E-state index in [2.05, 4.69) is 4.74 Å². The van der Waals surface area contributed by atoms with E-state index >= 15 is 0 Å². The Bertz CT molecular complexity index is 363. The molecule has 0 aromatic carbocycles. The van der Waals surface area contributed by atoms with Crippen LogP contribution in [0.5, 0.6) is 0 Å². The summed E-state index contributed by atoms with van der Waals surface area (Å²) >= 11 is -0.161. The van der Waals surface area contributed by atoms with Gasteiger partial charge in [-0.15, -0.1) is 0 Å². The summed E-state index contributed by atoms with van der Waals surface area (Å²) < 4.78 is 127. The molecule has 0 aliphatic heterocycles. The van der Waals surface area contributed by atoms with Crippen molar-refractivity contribution < 1.29 is 56.0 Å². The zero-order chi connectivity index (χ0) is 16.3. The van der Waals surface area contributed by atoms with Crippen molar-refractivity contribution >= 4 is 33.2 Å². The molecule has 0 spiro atoms. The Hall–Kier alpha value is -0.0600. The molecule has 0 aromatic heterocycles. The van der Waals surface area contributed by atoms with E-state index in [-0.39, 0.29) is 22.6 Å². The summed E-state index contributed by atoms with van der Waals surface area (Å²) in [4.78, 5) is 0. The number of alkyl halides is 9. The molecule has 0 rings (SSSR count). The molecule has 1 unspecified atom stereocenters. The van der Waals surface area contributed by atoms with Gasteiger partial charge in [-0.3, -0.25) is 4.74 Å². The molecule has 0 N–H and O–H groups in total. The van der Waals surface area contributed by atoms with Crippen LogP contribution >= 0.6 is 22.6 Å². The first-order valence-electron chi connectivity index (χ1n) is 3.35. The van der Waals surface area contributed by atoms with E-state index < -0.39 is 33.2 Å². The average Bonchev–Trinajstić information content (AvgIpc) is 1.94. The maximum Gasteiger partial charge on any atom is 0.476 e. The summed E-state index contributed by atoms with van der Waals surface area (Å²) in [5, 5.41) is 0. The Balaban J connectivity index is 0. The number of halogens is 11. The van der Waals surface area contributed by atoms with Gasteiger partial charge in [0, 0.05) is 22.6 Å². The van der Waals surface area contributed by atoms with Crippen LogP contribution in [0.25, 0.3) is 0 Å². The lowest BCUT2D eigenvalue weighted by Gasteiger charge is -2.23. The molecule has 0 amide bonds. The van der Waals surface area contributed by atoms with Gasteiger partial charge in [0.25, 0.3) is 6.36 Å². The minimum absolute atomic E-state index is 0.161. The Labute approximate surface area is 112 Å². The van der Waals surface area contributed by atoms with E-state index in [0.29, 0.717) is 0 Å². The summed E-state index contributed by atoms with van der Waals surface area (Å²) in [5.74, 6) is 0. The molecule has 0 aliphatic carbocycles. The lowest BCUT2D eigenvalue weighted by Crippen LogP contribution is -2.43. The number of rotatable bonds is 3. The lowest BCUT2D eigenvalue weighted by molar-refractivity contribution is -0.388. The third-order valence-electron chi connectivity index (χ3n) is 0.839. The molecule has 0 saturated heterocycles. The van der Waals surface area contributed by atoms with Crippen LogP contribution in [-0.4, -0.2) is 31.0 Å². The summed E-state index contributed by atoms with van der Waals surface area (Å²) in [7, 11) is -5.67. The third kappa shape index (κ3) is 11.5. The van der Waals surface area contributed by atoms with E-state index in [4.69, 9.17) is 8.42 Å². The molecule has 0 fully saturated rings. The fourth-order valence-corrected chi connectivity index (χ4v) is 0.391. The Morgan fingerprint density at radius 1 is 0.947 bits per heavy atom. The largest absolute Gasteiger partial charge is 0.476 e. The van der Waals surface area contributed by atoms with Gasteiger partial charge < -0.3 is 0 Å². The van der Waals surface area contributed by atoms with Crippen molar-refractivity contribution in [2.75, 3.05) is 0 Å². The van der Waals surface area contributed by atoms with Gasteiger partial charge >= 0.3 is 26.8 Å². The van der Waals surface area contributed by atoms with Crippen LogP contribution in [0.2, 0.25) is 0 Å². The van der Waals surface area contributed by atoms with Crippen LogP contribution in [0.4, 0.5) is 42.9 Å². The molecule has 19 heavy (non-hydrogen) atoms. The second-order valence-corrected chi connectivity index (χ2v) is 4.48. The highest BCUT2D eigenvalue weighted by molar-refractivity contribution is 14.1. The molecule has 0 aromatic rings. The van der Waals surface area contributed by atoms with Crippen molar-refractivity contribution in [3.8, 4) is 0 Å². The van der Waals surface area contributed by atoms with E-state index in [0.717, 1.165) is 0 Å². The van der Waals surface area contributed by atoms with Crippen LogP contribution < -0.4 is 0 Å². The molecular formula is C4HF10IO3S. The quantitative estimate of drug-likeness (QED) is 0.288. The highest BCUT2D eigenvalue weighted by Gasteiger charge is 2.60. The second-order valence-electron chi connectivity index (χ2n) is 2.37. The summed E-state index contributed by atoms with van der Waals surface area (Å²) in [6.45, 7) is 0. The first-order chi connectivity index (χ1) is 7.88. The zero-order valence-electron chi connectivity index (χ0n) is 7.87. The van der Waals surface area contributed by atoms with Crippen LogP contribution in [0.15, 0.2) is 0 Å². The number of ether oxygens (including phenoxy) is 1. The molecule has 0 aliphatic rings. The van der Waals surface area contributed by atoms with Crippen molar-refractivity contribution in [2.45, 2.75) is 22.6 Å². The number of hydrogen-bond donors (Lipinski definition) is 0. The van der Waals surface area contributed by atoms with Gasteiger partial charge in [0.1, 0.15) is 0 Å². The minimum atomic E-state index is -5.77. The molecule has 0 saturated carbocycles. The standard InChI is InChI=1S/C4HF8IO.F2O2S/c5-1(2(6,7)8)14-4(11,12)3(9,10)13;1-5(2,3)4/h1H;. The smallest absolute Gasteiger partial charge is 0.271 e. The fourth-order valence-electron chi connectivity index (χ4n) is 0.264. The van der Waals surface area contributed by atoms with E-state index in [1.807, 2.05) is 0 Å². The average molecular weight is 446 g/mol. The first kappa shape index (κ1) is 21.2. The lowest BCUT2D eigenvalue weighted by atomic mass is 10.6. The van der Waals surface area contributed by atoms with Crippen molar-refractivity contribution in [1.82, 2.24) is 0 Å². The minimum Gasteiger partial charge on any atom is -0.271 e. The first-order valence-corrected chi connectivity index (χ1v) is 5.71. The SMILES string of the molecule is FC(OC(F)(F)C(F)(F)I)C(F)(F)F.O=S(=O)(F)F. The van der Waals surface area contributed by atoms with Crippen molar-refractivity contribution in [3.05, 3.63) is 0 Å². The Morgan fingerprint density at radius 3 is 1.37 bits per heavy atom. The molecule has 0 heterocycles. The summed E-state index contributed by atoms with van der Waals surface area (Å²) in [6, 6.07) is 0. The molecule has 1 atom stereocenters. The zero-order valence-corrected chi connectivity index (χ0v) is 10.8. The highest BCUT2D eigenvalue weighted by Crippen LogP contribution is 2.43. The molecule has 118 valence electrons. The van der Waals surface area contributed by atoms with Gasteiger partial charge in [0.05, 0.1) is 0 Å². The van der Waals surface area contributed by atoms with Gasteiger partial charge in [-0.2, -0.15) is 39.2 Å². The number of hydrogen-bond acceptors (Lipinski definition) is 3. The van der Waals surface area contributed by atoms with E-state index in [1.165, 1.54) is 0 Å². The van der Waals surface area contributed by atoms with E-state index in [9.17, 15) is 42.9 Å². The van der Waals surface area contributed by atoms with Crippen LogP contribution in [0.1, 0.15) is 0 Å². The van der Waals surface area contributed by atoms with Crippen LogP contribution in [0.3, 0.4) is 0 Å². The van der Waals surface area contributed by atoms with E-state index in [1.54, 1.807) is 0 Å². The molecule has 3 nitrogen and oxygen atoms in total. The normalized spacial score (nSPS) is 15.5. The van der Waals surface area contributed by atoms with Crippen molar-refractivity contribution in [3.63, 3.8) is 0 Å². The predicted molar refractivity (Wildman–Crippen MR) is 47.1 cm³/mol. The van der Waals surface area contributed by atoms with Crippen LogP contribution in [-0.2, 0) is 15.3 Å². The van der Waals surface area contributed by atoms with Gasteiger partial charge in [-0.1, -0.05) is 7.77 Å².